The van der Waals surface area contributed by atoms with Crippen LogP contribution < -0.4 is 4.74 Å². The van der Waals surface area contributed by atoms with E-state index in [1.807, 2.05) is 11.4 Å². The second-order valence-corrected chi connectivity index (χ2v) is 6.30. The van der Waals surface area contributed by atoms with Crippen LogP contribution in [-0.4, -0.2) is 25.1 Å². The molecule has 3 aromatic rings. The number of nitro groups is 1. The predicted molar refractivity (Wildman–Crippen MR) is 95.6 cm³/mol. The Hall–Kier alpha value is -2.93. The number of hydrogen-bond donors (Lipinski definition) is 0. The van der Waals surface area contributed by atoms with E-state index >= 15 is 0 Å². The highest BCUT2D eigenvalue weighted by molar-refractivity contribution is 7.17. The lowest BCUT2D eigenvalue weighted by molar-refractivity contribution is -0.384. The Bertz CT molecular complexity index is 963. The molecule has 0 saturated carbocycles. The second-order valence-electron chi connectivity index (χ2n) is 5.39. The fraction of sp³-hybridized carbons (Fsp3) is 0.167. The molecule has 0 N–H and O–H groups in total. The minimum Gasteiger partial charge on any atom is -0.496 e. The number of ether oxygens (including phenoxy) is 2. The first-order valence-corrected chi connectivity index (χ1v) is 8.31. The number of methoxy groups -OCH3 is 2. The van der Waals surface area contributed by atoms with Crippen LogP contribution in [0.15, 0.2) is 41.8 Å². The van der Waals surface area contributed by atoms with Crippen LogP contribution in [0.5, 0.6) is 5.75 Å². The Morgan fingerprint density at radius 3 is 2.64 bits per heavy atom. The van der Waals surface area contributed by atoms with Gasteiger partial charge < -0.3 is 9.47 Å². The highest BCUT2D eigenvalue weighted by atomic mass is 32.1. The van der Waals surface area contributed by atoms with E-state index in [4.69, 9.17) is 9.47 Å². The Kier molecular flexibility index (Phi) is 4.67. The summed E-state index contributed by atoms with van der Waals surface area (Å²) in [7, 11) is 2.86. The molecule has 25 heavy (non-hydrogen) atoms. The monoisotopic (exact) mass is 357 g/mol. The van der Waals surface area contributed by atoms with E-state index in [-0.39, 0.29) is 5.69 Å². The molecule has 3 rings (SSSR count). The summed E-state index contributed by atoms with van der Waals surface area (Å²) in [4.78, 5) is 22.3. The van der Waals surface area contributed by atoms with Crippen molar-refractivity contribution in [1.29, 1.82) is 0 Å². The van der Waals surface area contributed by atoms with Gasteiger partial charge in [-0.15, -0.1) is 11.3 Å². The number of carbonyl (C=O) groups is 1. The van der Waals surface area contributed by atoms with E-state index in [2.05, 4.69) is 0 Å². The van der Waals surface area contributed by atoms with E-state index in [1.54, 1.807) is 35.6 Å². The van der Waals surface area contributed by atoms with Gasteiger partial charge in [0.15, 0.2) is 0 Å². The fourth-order valence-corrected chi connectivity index (χ4v) is 3.60. The maximum atomic E-state index is 11.6. The molecule has 0 radical (unpaired) electrons. The van der Waals surface area contributed by atoms with Crippen molar-refractivity contribution in [2.45, 2.75) is 6.42 Å². The van der Waals surface area contributed by atoms with Gasteiger partial charge in [0.25, 0.3) is 5.69 Å². The lowest BCUT2D eigenvalue weighted by Gasteiger charge is -2.10. The van der Waals surface area contributed by atoms with Gasteiger partial charge in [-0.2, -0.15) is 0 Å². The van der Waals surface area contributed by atoms with Crippen molar-refractivity contribution in [1.82, 2.24) is 0 Å². The molecule has 2 aromatic carbocycles. The molecule has 0 fully saturated rings. The van der Waals surface area contributed by atoms with Gasteiger partial charge >= 0.3 is 5.97 Å². The molecule has 7 heteroatoms. The summed E-state index contributed by atoms with van der Waals surface area (Å²) >= 11 is 1.54. The highest BCUT2D eigenvalue weighted by Gasteiger charge is 2.14. The van der Waals surface area contributed by atoms with Crippen LogP contribution in [0.2, 0.25) is 0 Å². The van der Waals surface area contributed by atoms with Gasteiger partial charge in [0.1, 0.15) is 5.75 Å². The van der Waals surface area contributed by atoms with Crippen molar-refractivity contribution in [2.75, 3.05) is 14.2 Å². The Labute approximate surface area is 147 Å². The second kappa shape index (κ2) is 6.90. The fourth-order valence-electron chi connectivity index (χ4n) is 2.66. The van der Waals surface area contributed by atoms with Gasteiger partial charge in [0.05, 0.1) is 24.7 Å². The third kappa shape index (κ3) is 3.32. The van der Waals surface area contributed by atoms with E-state index in [0.29, 0.717) is 17.7 Å². The van der Waals surface area contributed by atoms with Crippen molar-refractivity contribution >= 4 is 33.1 Å². The molecule has 1 heterocycles. The van der Waals surface area contributed by atoms with Crippen LogP contribution in [0.1, 0.15) is 21.5 Å². The van der Waals surface area contributed by atoms with E-state index in [1.165, 1.54) is 20.3 Å². The predicted octanol–water partition coefficient (Wildman–Crippen LogP) is 4.20. The topological polar surface area (TPSA) is 78.7 Å². The first-order chi connectivity index (χ1) is 12.0. The van der Waals surface area contributed by atoms with Gasteiger partial charge in [-0.1, -0.05) is 6.07 Å². The summed E-state index contributed by atoms with van der Waals surface area (Å²) < 4.78 is 11.1. The molecule has 0 atom stereocenters. The number of rotatable bonds is 5. The minimum atomic E-state index is -0.429. The summed E-state index contributed by atoms with van der Waals surface area (Å²) in [6.45, 7) is 0. The average Bonchev–Trinajstić information content (AvgIpc) is 3.03. The number of esters is 1. The zero-order valence-corrected chi connectivity index (χ0v) is 14.5. The zero-order valence-electron chi connectivity index (χ0n) is 13.6. The number of non-ortho nitro benzene ring substituents is 1. The lowest BCUT2D eigenvalue weighted by Crippen LogP contribution is -2.03. The molecule has 0 amide bonds. The number of benzene rings is 2. The van der Waals surface area contributed by atoms with Crippen LogP contribution in [0.3, 0.4) is 0 Å². The van der Waals surface area contributed by atoms with Gasteiger partial charge in [-0.3, -0.25) is 10.1 Å². The summed E-state index contributed by atoms with van der Waals surface area (Å²) in [6, 6.07) is 9.99. The summed E-state index contributed by atoms with van der Waals surface area (Å²) in [6.07, 6.45) is 0.547. The Balaban J connectivity index is 1.99. The Morgan fingerprint density at radius 1 is 1.16 bits per heavy atom. The highest BCUT2D eigenvalue weighted by Crippen LogP contribution is 2.33. The van der Waals surface area contributed by atoms with Crippen molar-refractivity contribution in [3.05, 3.63) is 68.6 Å². The number of carbonyl (C=O) groups excluding carboxylic acids is 1. The summed E-state index contributed by atoms with van der Waals surface area (Å²) in [5.74, 6) is 0.147. The van der Waals surface area contributed by atoms with Crippen molar-refractivity contribution < 1.29 is 19.2 Å². The van der Waals surface area contributed by atoms with Crippen LogP contribution in [0, 0.1) is 10.1 Å². The van der Waals surface area contributed by atoms with Gasteiger partial charge in [-0.25, -0.2) is 4.79 Å². The molecule has 0 saturated heterocycles. The normalized spacial score (nSPS) is 10.6. The summed E-state index contributed by atoms with van der Waals surface area (Å²) in [5, 5.41) is 13.9. The van der Waals surface area contributed by atoms with E-state index < -0.39 is 10.9 Å². The molecular formula is C18H15NO5S. The molecule has 1 aromatic heterocycles. The molecule has 0 aliphatic rings. The van der Waals surface area contributed by atoms with Crippen LogP contribution in [-0.2, 0) is 11.2 Å². The van der Waals surface area contributed by atoms with Crippen LogP contribution in [0.4, 0.5) is 5.69 Å². The molecule has 0 bridgehead atoms. The zero-order chi connectivity index (χ0) is 18.0. The van der Waals surface area contributed by atoms with Gasteiger partial charge in [0.2, 0.25) is 0 Å². The van der Waals surface area contributed by atoms with Crippen molar-refractivity contribution in [2.24, 2.45) is 0 Å². The third-order valence-corrected chi connectivity index (χ3v) is 4.95. The largest absolute Gasteiger partial charge is 0.496 e. The van der Waals surface area contributed by atoms with Crippen LogP contribution >= 0.6 is 11.3 Å². The molecule has 6 nitrogen and oxygen atoms in total. The van der Waals surface area contributed by atoms with Crippen molar-refractivity contribution in [3.8, 4) is 5.75 Å². The van der Waals surface area contributed by atoms with Gasteiger partial charge in [0, 0.05) is 28.6 Å². The number of nitrogens with zero attached hydrogens (tertiary/aromatic N) is 1. The molecular weight excluding hydrogens is 342 g/mol. The first kappa shape index (κ1) is 16.9. The van der Waals surface area contributed by atoms with Gasteiger partial charge in [-0.05, 0) is 34.7 Å². The van der Waals surface area contributed by atoms with Crippen LogP contribution in [0.25, 0.3) is 10.1 Å². The number of nitro benzene ring substituents is 1. The molecule has 0 aliphatic carbocycles. The smallest absolute Gasteiger partial charge is 0.337 e. The average molecular weight is 357 g/mol. The third-order valence-electron chi connectivity index (χ3n) is 3.94. The summed E-state index contributed by atoms with van der Waals surface area (Å²) in [5.41, 5.74) is 2.35. The molecule has 0 spiro atoms. The number of fused-ring (bicyclic) bond motifs is 1. The SMILES string of the molecule is COC(=O)c1ccc(Cc2csc3ccc([N+](=O)[O-])cc23)c(OC)c1. The Morgan fingerprint density at radius 2 is 1.96 bits per heavy atom. The molecule has 0 unspecified atom stereocenters. The first-order valence-electron chi connectivity index (χ1n) is 7.43. The standard InChI is InChI=1S/C18H15NO5S/c1-23-16-8-12(18(20)24-2)4-3-11(16)7-13-10-25-17-6-5-14(19(21)22)9-15(13)17/h3-6,8-10H,7H2,1-2H3. The van der Waals surface area contributed by atoms with Crippen molar-refractivity contribution in [3.63, 3.8) is 0 Å². The molecule has 0 aliphatic heterocycles. The van der Waals surface area contributed by atoms with E-state index in [0.717, 1.165) is 21.2 Å². The van der Waals surface area contributed by atoms with E-state index in [9.17, 15) is 14.9 Å². The maximum absolute atomic E-state index is 11.6. The lowest BCUT2D eigenvalue weighted by atomic mass is 10.0. The quantitative estimate of drug-likeness (QED) is 0.388. The maximum Gasteiger partial charge on any atom is 0.337 e. The number of thiophene rings is 1. The molecule has 128 valence electrons. The number of hydrogen-bond acceptors (Lipinski definition) is 6. The minimum absolute atomic E-state index is 0.0696.